The summed E-state index contributed by atoms with van der Waals surface area (Å²) < 4.78 is 14.0. The summed E-state index contributed by atoms with van der Waals surface area (Å²) in [4.78, 5) is 40.6. The predicted molar refractivity (Wildman–Crippen MR) is 113 cm³/mol. The number of carboxylic acids is 1. The summed E-state index contributed by atoms with van der Waals surface area (Å²) in [6.45, 7) is 1.23. The van der Waals surface area contributed by atoms with Gasteiger partial charge in [-0.25, -0.2) is 9.18 Å². The van der Waals surface area contributed by atoms with Crippen LogP contribution in [0.5, 0.6) is 0 Å². The van der Waals surface area contributed by atoms with E-state index in [1.54, 1.807) is 12.1 Å². The van der Waals surface area contributed by atoms with Crippen LogP contribution in [-0.4, -0.2) is 40.0 Å². The number of hydrogen-bond donors (Lipinski definition) is 3. The van der Waals surface area contributed by atoms with Gasteiger partial charge in [0.2, 0.25) is 11.8 Å². The molecule has 2 amide bonds. The first-order valence-electron chi connectivity index (χ1n) is 9.72. The number of pyridine rings is 1. The fraction of sp³-hybridized carbons (Fsp3) is 0.217. The van der Waals surface area contributed by atoms with Crippen LogP contribution in [-0.2, 0) is 27.2 Å². The molecule has 31 heavy (non-hydrogen) atoms. The van der Waals surface area contributed by atoms with E-state index >= 15 is 0 Å². The zero-order valence-electron chi connectivity index (χ0n) is 16.8. The highest BCUT2D eigenvalue weighted by atomic mass is 19.1. The fourth-order valence-electron chi connectivity index (χ4n) is 3.24. The van der Waals surface area contributed by atoms with Gasteiger partial charge >= 0.3 is 5.97 Å². The summed E-state index contributed by atoms with van der Waals surface area (Å²) >= 11 is 0. The van der Waals surface area contributed by atoms with Gasteiger partial charge in [0.25, 0.3) is 0 Å². The Balaban J connectivity index is 1.76. The molecule has 0 saturated carbocycles. The molecule has 3 rings (SSSR count). The van der Waals surface area contributed by atoms with Crippen molar-refractivity contribution in [2.24, 2.45) is 0 Å². The van der Waals surface area contributed by atoms with E-state index in [-0.39, 0.29) is 18.4 Å². The number of amides is 2. The molecule has 2 aromatic carbocycles. The van der Waals surface area contributed by atoms with Crippen molar-refractivity contribution in [3.8, 4) is 0 Å². The van der Waals surface area contributed by atoms with E-state index in [0.29, 0.717) is 11.2 Å². The molecule has 160 valence electrons. The molecule has 1 aromatic heterocycles. The number of nitrogens with zero attached hydrogens (tertiary/aromatic N) is 1. The van der Waals surface area contributed by atoms with Crippen LogP contribution in [0.2, 0.25) is 0 Å². The van der Waals surface area contributed by atoms with Gasteiger partial charge in [-0.1, -0.05) is 42.5 Å². The van der Waals surface area contributed by atoms with Gasteiger partial charge in [0.15, 0.2) is 0 Å². The second-order valence-electron chi connectivity index (χ2n) is 7.15. The molecular weight excluding hydrogens is 401 g/mol. The highest BCUT2D eigenvalue weighted by Gasteiger charge is 2.27. The highest BCUT2D eigenvalue weighted by molar-refractivity contribution is 5.90. The molecule has 0 aliphatic rings. The Bertz CT molecular complexity index is 1120. The molecule has 0 saturated heterocycles. The molecule has 0 bridgehead atoms. The van der Waals surface area contributed by atoms with Crippen molar-refractivity contribution in [1.29, 1.82) is 0 Å². The minimum atomic E-state index is -1.27. The lowest BCUT2D eigenvalue weighted by Crippen LogP contribution is -2.52. The summed E-state index contributed by atoms with van der Waals surface area (Å²) in [6, 6.07) is 14.4. The Kier molecular flexibility index (Phi) is 6.92. The molecule has 2 atom stereocenters. The number of halogens is 1. The number of aliphatic carboxylic acids is 1. The molecule has 3 aromatic rings. The SMILES string of the molecule is CC(=O)N[C@@H](Cc1ccccc1F)C(=O)N[C@H](Cc1ccc2ccccc2n1)C(=O)O. The Labute approximate surface area is 178 Å². The topological polar surface area (TPSA) is 108 Å². The van der Waals surface area contributed by atoms with E-state index in [2.05, 4.69) is 15.6 Å². The van der Waals surface area contributed by atoms with Crippen molar-refractivity contribution in [3.05, 3.63) is 77.7 Å². The number of aromatic nitrogens is 1. The Hall–Kier alpha value is -3.81. The molecule has 0 unspecified atom stereocenters. The number of rotatable bonds is 8. The average Bonchev–Trinajstić information content (AvgIpc) is 2.73. The van der Waals surface area contributed by atoms with Crippen molar-refractivity contribution < 1.29 is 23.9 Å². The van der Waals surface area contributed by atoms with Crippen LogP contribution in [0.25, 0.3) is 10.9 Å². The molecule has 0 spiro atoms. The molecule has 0 aliphatic carbocycles. The quantitative estimate of drug-likeness (QED) is 0.515. The van der Waals surface area contributed by atoms with Crippen LogP contribution < -0.4 is 10.6 Å². The lowest BCUT2D eigenvalue weighted by molar-refractivity contribution is -0.142. The minimum absolute atomic E-state index is 0.0433. The molecule has 7 nitrogen and oxygen atoms in total. The van der Waals surface area contributed by atoms with Crippen molar-refractivity contribution in [3.63, 3.8) is 0 Å². The van der Waals surface area contributed by atoms with Gasteiger partial charge in [-0.2, -0.15) is 0 Å². The number of hydrogen-bond acceptors (Lipinski definition) is 4. The molecular formula is C23H22FN3O4. The Morgan fingerprint density at radius 3 is 2.35 bits per heavy atom. The Morgan fingerprint density at radius 2 is 1.65 bits per heavy atom. The van der Waals surface area contributed by atoms with E-state index in [1.165, 1.54) is 25.1 Å². The number of carbonyl (C=O) groups is 3. The fourth-order valence-corrected chi connectivity index (χ4v) is 3.24. The van der Waals surface area contributed by atoms with Crippen LogP contribution in [0.3, 0.4) is 0 Å². The standard InChI is InChI=1S/C23H22FN3O4/c1-14(28)25-20(12-16-7-2-4-8-18(16)24)22(29)27-21(23(30)31)13-17-11-10-15-6-3-5-9-19(15)26-17/h2-11,20-21H,12-13H2,1H3,(H,25,28)(H,27,29)(H,30,31)/t20-,21+/m0/s1. The van der Waals surface area contributed by atoms with E-state index < -0.39 is 35.7 Å². The molecule has 0 fully saturated rings. The van der Waals surface area contributed by atoms with Crippen molar-refractivity contribution in [1.82, 2.24) is 15.6 Å². The lowest BCUT2D eigenvalue weighted by Gasteiger charge is -2.21. The number of para-hydroxylation sites is 1. The van der Waals surface area contributed by atoms with Crippen molar-refractivity contribution in [2.75, 3.05) is 0 Å². The summed E-state index contributed by atoms with van der Waals surface area (Å²) in [6.07, 6.45) is -0.156. The summed E-state index contributed by atoms with van der Waals surface area (Å²) in [5.41, 5.74) is 1.45. The number of carbonyl (C=O) groups excluding carboxylic acids is 2. The Morgan fingerprint density at radius 1 is 0.935 bits per heavy atom. The first-order chi connectivity index (χ1) is 14.8. The van der Waals surface area contributed by atoms with Gasteiger partial charge < -0.3 is 15.7 Å². The largest absolute Gasteiger partial charge is 0.480 e. The van der Waals surface area contributed by atoms with E-state index in [4.69, 9.17) is 0 Å². The van der Waals surface area contributed by atoms with Gasteiger partial charge in [0, 0.05) is 30.8 Å². The zero-order chi connectivity index (χ0) is 22.4. The third kappa shape index (κ3) is 5.85. The molecule has 0 aliphatic heterocycles. The second kappa shape index (κ2) is 9.80. The van der Waals surface area contributed by atoms with Crippen molar-refractivity contribution in [2.45, 2.75) is 31.8 Å². The van der Waals surface area contributed by atoms with Crippen LogP contribution in [0.1, 0.15) is 18.2 Å². The lowest BCUT2D eigenvalue weighted by atomic mass is 10.0. The molecule has 0 radical (unpaired) electrons. The van der Waals surface area contributed by atoms with Crippen LogP contribution in [0.4, 0.5) is 4.39 Å². The monoisotopic (exact) mass is 423 g/mol. The summed E-state index contributed by atoms with van der Waals surface area (Å²) in [7, 11) is 0. The smallest absolute Gasteiger partial charge is 0.326 e. The van der Waals surface area contributed by atoms with Gasteiger partial charge in [-0.15, -0.1) is 0 Å². The molecule has 1 heterocycles. The number of benzene rings is 2. The summed E-state index contributed by atoms with van der Waals surface area (Å²) in [5, 5.41) is 15.4. The first-order valence-corrected chi connectivity index (χ1v) is 9.72. The summed E-state index contributed by atoms with van der Waals surface area (Å²) in [5.74, 6) is -2.96. The average molecular weight is 423 g/mol. The minimum Gasteiger partial charge on any atom is -0.480 e. The van der Waals surface area contributed by atoms with Gasteiger partial charge in [0.05, 0.1) is 5.52 Å². The van der Waals surface area contributed by atoms with E-state index in [0.717, 1.165) is 5.39 Å². The number of nitrogens with one attached hydrogen (secondary N) is 2. The van der Waals surface area contributed by atoms with E-state index in [1.807, 2.05) is 30.3 Å². The van der Waals surface area contributed by atoms with E-state index in [9.17, 15) is 23.9 Å². The van der Waals surface area contributed by atoms with Crippen molar-refractivity contribution >= 4 is 28.7 Å². The molecule has 8 heteroatoms. The van der Waals surface area contributed by atoms with Crippen LogP contribution >= 0.6 is 0 Å². The normalized spacial score (nSPS) is 12.7. The van der Waals surface area contributed by atoms with Crippen LogP contribution in [0, 0.1) is 5.82 Å². The van der Waals surface area contributed by atoms with Gasteiger partial charge in [0.1, 0.15) is 17.9 Å². The predicted octanol–water partition coefficient (Wildman–Crippen LogP) is 2.23. The number of carboxylic acid groups (broad SMARTS) is 1. The van der Waals surface area contributed by atoms with Gasteiger partial charge in [-0.05, 0) is 23.8 Å². The number of fused-ring (bicyclic) bond motifs is 1. The maximum atomic E-state index is 14.0. The third-order valence-corrected chi connectivity index (χ3v) is 4.76. The maximum absolute atomic E-state index is 14.0. The third-order valence-electron chi connectivity index (χ3n) is 4.76. The highest BCUT2D eigenvalue weighted by Crippen LogP contribution is 2.14. The first kappa shape index (κ1) is 21.9. The molecule has 3 N–H and O–H groups in total. The van der Waals surface area contributed by atoms with Gasteiger partial charge in [-0.3, -0.25) is 14.6 Å². The zero-order valence-corrected chi connectivity index (χ0v) is 16.8. The maximum Gasteiger partial charge on any atom is 0.326 e. The second-order valence-corrected chi connectivity index (χ2v) is 7.15. The van der Waals surface area contributed by atoms with Crippen LogP contribution in [0.15, 0.2) is 60.7 Å².